The van der Waals surface area contributed by atoms with E-state index in [1.807, 2.05) is 49.9 Å². The number of hydrogen-bond donors (Lipinski definition) is 1. The van der Waals surface area contributed by atoms with Gasteiger partial charge in [0.2, 0.25) is 15.9 Å². The standard InChI is InChI=1S/C23H28N4O4S/c1-16-13-26(15-23(28)25-21-9-6-10-22(31-4)18(21)3)14-17(2)27(16)32(29,30)20-8-5-7-19(11-20)12-24/h5-11,16-17H,13-15H2,1-4H3,(H,25,28). The van der Waals surface area contributed by atoms with Gasteiger partial charge in [-0.2, -0.15) is 9.57 Å². The molecular weight excluding hydrogens is 428 g/mol. The molecule has 0 saturated carbocycles. The first kappa shape index (κ1) is 23.7. The van der Waals surface area contributed by atoms with E-state index in [1.165, 1.54) is 16.4 Å². The summed E-state index contributed by atoms with van der Waals surface area (Å²) in [5.74, 6) is 0.531. The molecule has 1 amide bonds. The number of hydrogen-bond acceptors (Lipinski definition) is 6. The monoisotopic (exact) mass is 456 g/mol. The zero-order valence-electron chi connectivity index (χ0n) is 18.7. The minimum absolute atomic E-state index is 0.106. The zero-order chi connectivity index (χ0) is 23.5. The fraction of sp³-hybridized carbons (Fsp3) is 0.391. The third-order valence-corrected chi connectivity index (χ3v) is 7.72. The number of rotatable bonds is 6. The van der Waals surface area contributed by atoms with E-state index in [0.29, 0.717) is 30.1 Å². The SMILES string of the molecule is COc1cccc(NC(=O)CN2CC(C)N(S(=O)(=O)c3cccc(C#N)c3)C(C)C2)c1C. The Morgan fingerprint density at radius 1 is 1.19 bits per heavy atom. The van der Waals surface area contributed by atoms with Gasteiger partial charge in [0.05, 0.1) is 30.2 Å². The van der Waals surface area contributed by atoms with Gasteiger partial charge in [-0.1, -0.05) is 12.1 Å². The molecule has 32 heavy (non-hydrogen) atoms. The van der Waals surface area contributed by atoms with Crippen molar-refractivity contribution in [2.45, 2.75) is 37.8 Å². The number of ether oxygens (including phenoxy) is 1. The highest BCUT2D eigenvalue weighted by molar-refractivity contribution is 7.89. The lowest BCUT2D eigenvalue weighted by Crippen LogP contribution is -2.59. The molecule has 1 N–H and O–H groups in total. The van der Waals surface area contributed by atoms with Crippen LogP contribution in [0.1, 0.15) is 25.0 Å². The Morgan fingerprint density at radius 3 is 2.47 bits per heavy atom. The van der Waals surface area contributed by atoms with Crippen LogP contribution in [0.5, 0.6) is 5.75 Å². The van der Waals surface area contributed by atoms with Crippen molar-refractivity contribution in [3.8, 4) is 11.8 Å². The van der Waals surface area contributed by atoms with Crippen molar-refractivity contribution in [3.63, 3.8) is 0 Å². The molecule has 1 heterocycles. The minimum atomic E-state index is -3.77. The lowest BCUT2D eigenvalue weighted by Gasteiger charge is -2.43. The highest BCUT2D eigenvalue weighted by Gasteiger charge is 2.38. The molecule has 3 rings (SSSR count). The van der Waals surface area contributed by atoms with E-state index in [0.717, 1.165) is 5.56 Å². The van der Waals surface area contributed by atoms with Gasteiger partial charge in [-0.25, -0.2) is 8.42 Å². The number of benzene rings is 2. The molecule has 1 fully saturated rings. The lowest BCUT2D eigenvalue weighted by atomic mass is 10.1. The zero-order valence-corrected chi connectivity index (χ0v) is 19.5. The van der Waals surface area contributed by atoms with Crippen LogP contribution >= 0.6 is 0 Å². The largest absolute Gasteiger partial charge is 0.496 e. The number of piperazine rings is 1. The first-order chi connectivity index (χ1) is 15.2. The van der Waals surface area contributed by atoms with E-state index in [4.69, 9.17) is 10.00 Å². The van der Waals surface area contributed by atoms with Crippen molar-refractivity contribution < 1.29 is 17.9 Å². The third-order valence-electron chi connectivity index (χ3n) is 5.60. The number of nitrogens with zero attached hydrogens (tertiary/aromatic N) is 3. The molecule has 2 aromatic carbocycles. The Labute approximate surface area is 189 Å². The Bertz CT molecular complexity index is 1130. The second-order valence-electron chi connectivity index (χ2n) is 8.05. The summed E-state index contributed by atoms with van der Waals surface area (Å²) in [6, 6.07) is 12.8. The first-order valence-electron chi connectivity index (χ1n) is 10.4. The second kappa shape index (κ2) is 9.69. The molecule has 1 aliphatic rings. The summed E-state index contributed by atoms with van der Waals surface area (Å²) < 4.78 is 33.3. The second-order valence-corrected chi connectivity index (χ2v) is 9.89. The molecule has 1 aliphatic heterocycles. The summed E-state index contributed by atoms with van der Waals surface area (Å²) in [7, 11) is -2.18. The van der Waals surface area contributed by atoms with E-state index in [1.54, 1.807) is 19.2 Å². The van der Waals surface area contributed by atoms with Gasteiger partial charge in [-0.3, -0.25) is 9.69 Å². The minimum Gasteiger partial charge on any atom is -0.496 e. The van der Waals surface area contributed by atoms with E-state index in [9.17, 15) is 13.2 Å². The van der Waals surface area contributed by atoms with Crippen LogP contribution in [0.15, 0.2) is 47.4 Å². The quantitative estimate of drug-likeness (QED) is 0.717. The van der Waals surface area contributed by atoms with Crippen LogP contribution in [-0.2, 0) is 14.8 Å². The molecule has 1 saturated heterocycles. The van der Waals surface area contributed by atoms with Gasteiger partial charge in [0.25, 0.3) is 0 Å². The fourth-order valence-electron chi connectivity index (χ4n) is 4.23. The van der Waals surface area contributed by atoms with Crippen molar-refractivity contribution in [3.05, 3.63) is 53.6 Å². The van der Waals surface area contributed by atoms with Gasteiger partial charge in [0.1, 0.15) is 5.75 Å². The molecule has 0 radical (unpaired) electrons. The highest BCUT2D eigenvalue weighted by Crippen LogP contribution is 2.27. The summed E-state index contributed by atoms with van der Waals surface area (Å²) in [5, 5.41) is 12.0. The fourth-order valence-corrected chi connectivity index (χ4v) is 6.08. The van der Waals surface area contributed by atoms with Crippen LogP contribution < -0.4 is 10.1 Å². The Hall–Kier alpha value is -2.93. The van der Waals surface area contributed by atoms with Crippen molar-refractivity contribution in [2.24, 2.45) is 0 Å². The number of carbonyl (C=O) groups excluding carboxylic acids is 1. The van der Waals surface area contributed by atoms with Gasteiger partial charge in [0, 0.05) is 36.4 Å². The van der Waals surface area contributed by atoms with Crippen LogP contribution in [-0.4, -0.2) is 62.4 Å². The first-order valence-corrected chi connectivity index (χ1v) is 11.8. The Kier molecular flexibility index (Phi) is 7.19. The Balaban J connectivity index is 1.69. The summed E-state index contributed by atoms with van der Waals surface area (Å²) in [6.07, 6.45) is 0. The highest BCUT2D eigenvalue weighted by atomic mass is 32.2. The van der Waals surface area contributed by atoms with Crippen LogP contribution in [0.2, 0.25) is 0 Å². The number of nitriles is 1. The average molecular weight is 457 g/mol. The number of carbonyl (C=O) groups is 1. The van der Waals surface area contributed by atoms with E-state index in [-0.39, 0.29) is 29.4 Å². The molecule has 9 heteroatoms. The maximum atomic E-state index is 13.3. The van der Waals surface area contributed by atoms with E-state index in [2.05, 4.69) is 5.32 Å². The lowest BCUT2D eigenvalue weighted by molar-refractivity contribution is -0.118. The van der Waals surface area contributed by atoms with Gasteiger partial charge in [0.15, 0.2) is 0 Å². The molecule has 2 unspecified atom stereocenters. The third kappa shape index (κ3) is 4.93. The number of amides is 1. The van der Waals surface area contributed by atoms with Crippen molar-refractivity contribution in [2.75, 3.05) is 32.1 Å². The topological polar surface area (TPSA) is 103 Å². The van der Waals surface area contributed by atoms with Crippen molar-refractivity contribution in [1.29, 1.82) is 5.26 Å². The molecular formula is C23H28N4O4S. The summed E-state index contributed by atoms with van der Waals surface area (Å²) in [5.41, 5.74) is 1.84. The van der Waals surface area contributed by atoms with E-state index >= 15 is 0 Å². The molecule has 2 atom stereocenters. The van der Waals surface area contributed by atoms with Crippen LogP contribution in [0.4, 0.5) is 5.69 Å². The van der Waals surface area contributed by atoms with Crippen molar-refractivity contribution in [1.82, 2.24) is 9.21 Å². The number of sulfonamides is 1. The molecule has 8 nitrogen and oxygen atoms in total. The molecule has 2 aromatic rings. The van der Waals surface area contributed by atoms with E-state index < -0.39 is 10.0 Å². The summed E-state index contributed by atoms with van der Waals surface area (Å²) in [4.78, 5) is 14.7. The molecule has 170 valence electrons. The smallest absolute Gasteiger partial charge is 0.243 e. The van der Waals surface area contributed by atoms with Gasteiger partial charge in [-0.15, -0.1) is 0 Å². The summed E-state index contributed by atoms with van der Waals surface area (Å²) >= 11 is 0. The number of nitrogens with one attached hydrogen (secondary N) is 1. The predicted octanol–water partition coefficient (Wildman–Crippen LogP) is 2.60. The average Bonchev–Trinajstić information content (AvgIpc) is 2.74. The number of anilines is 1. The van der Waals surface area contributed by atoms with Gasteiger partial charge < -0.3 is 10.1 Å². The van der Waals surface area contributed by atoms with Crippen LogP contribution in [0.3, 0.4) is 0 Å². The maximum Gasteiger partial charge on any atom is 0.243 e. The maximum absolute atomic E-state index is 13.3. The summed E-state index contributed by atoms with van der Waals surface area (Å²) in [6.45, 7) is 6.54. The Morgan fingerprint density at radius 2 is 1.84 bits per heavy atom. The molecule has 0 spiro atoms. The van der Waals surface area contributed by atoms with Crippen LogP contribution in [0.25, 0.3) is 0 Å². The van der Waals surface area contributed by atoms with Gasteiger partial charge in [-0.05, 0) is 51.1 Å². The molecule has 0 aliphatic carbocycles. The molecule has 0 aromatic heterocycles. The normalized spacial score (nSPS) is 19.8. The van der Waals surface area contributed by atoms with Gasteiger partial charge >= 0.3 is 0 Å². The predicted molar refractivity (Wildman–Crippen MR) is 122 cm³/mol. The molecule has 0 bridgehead atoms. The van der Waals surface area contributed by atoms with Crippen molar-refractivity contribution >= 4 is 21.6 Å². The van der Waals surface area contributed by atoms with Crippen LogP contribution in [0, 0.1) is 18.3 Å². The number of methoxy groups -OCH3 is 1.